The first kappa shape index (κ1) is 18.5. The molecule has 1 N–H and O–H groups in total. The third kappa shape index (κ3) is 4.80. The van der Waals surface area contributed by atoms with Crippen molar-refractivity contribution < 1.29 is 9.31 Å². The number of benzene rings is 1. The molecule has 1 aromatic carbocycles. The first-order chi connectivity index (χ1) is 10.7. The standard InChI is InChI=1S/C18H31BN2O2/c1-17(2)18(3,4)23-19(22-17)16-10-7-9-15(13-16)14-20-11-8-12-21(5)6/h7,9-10,13,20H,8,11-12,14H2,1-6H3. The maximum Gasteiger partial charge on any atom is 0.494 e. The van der Waals surface area contributed by atoms with Crippen LogP contribution in [0.25, 0.3) is 0 Å². The minimum absolute atomic E-state index is 0.284. The number of rotatable bonds is 7. The Labute approximate surface area is 141 Å². The molecule has 1 fully saturated rings. The van der Waals surface area contributed by atoms with E-state index in [0.717, 1.165) is 31.5 Å². The van der Waals surface area contributed by atoms with Gasteiger partial charge in [0.1, 0.15) is 0 Å². The lowest BCUT2D eigenvalue weighted by molar-refractivity contribution is 0.00578. The Bertz CT molecular complexity index is 501. The molecule has 0 amide bonds. The van der Waals surface area contributed by atoms with Crippen molar-refractivity contribution in [3.05, 3.63) is 29.8 Å². The molecule has 5 heteroatoms. The average molecular weight is 318 g/mol. The van der Waals surface area contributed by atoms with Crippen molar-refractivity contribution in [2.24, 2.45) is 0 Å². The van der Waals surface area contributed by atoms with Gasteiger partial charge in [0.25, 0.3) is 0 Å². The van der Waals surface area contributed by atoms with Gasteiger partial charge in [0.05, 0.1) is 11.2 Å². The summed E-state index contributed by atoms with van der Waals surface area (Å²) in [7, 11) is 3.93. The van der Waals surface area contributed by atoms with Gasteiger partial charge < -0.3 is 19.5 Å². The van der Waals surface area contributed by atoms with Crippen LogP contribution < -0.4 is 10.8 Å². The molecule has 23 heavy (non-hydrogen) atoms. The van der Waals surface area contributed by atoms with Crippen LogP contribution in [0.5, 0.6) is 0 Å². The summed E-state index contributed by atoms with van der Waals surface area (Å²) in [4.78, 5) is 2.21. The van der Waals surface area contributed by atoms with E-state index in [-0.39, 0.29) is 18.3 Å². The molecular weight excluding hydrogens is 287 g/mol. The second-order valence-corrected chi connectivity index (χ2v) is 7.67. The van der Waals surface area contributed by atoms with Crippen molar-refractivity contribution in [1.82, 2.24) is 10.2 Å². The Hall–Kier alpha value is -0.875. The van der Waals surface area contributed by atoms with Crippen molar-refractivity contribution in [2.75, 3.05) is 27.2 Å². The number of hydrogen-bond donors (Lipinski definition) is 1. The molecule has 0 unspecified atom stereocenters. The van der Waals surface area contributed by atoms with E-state index in [4.69, 9.17) is 9.31 Å². The van der Waals surface area contributed by atoms with Crippen molar-refractivity contribution in [2.45, 2.75) is 51.9 Å². The van der Waals surface area contributed by atoms with E-state index in [1.54, 1.807) is 0 Å². The minimum Gasteiger partial charge on any atom is -0.399 e. The SMILES string of the molecule is CN(C)CCCNCc1cccc(B2OC(C)(C)C(C)(C)O2)c1. The molecule has 0 aromatic heterocycles. The molecule has 0 atom stereocenters. The lowest BCUT2D eigenvalue weighted by atomic mass is 9.78. The zero-order chi connectivity index (χ0) is 17.1. The highest BCUT2D eigenvalue weighted by atomic mass is 16.7. The van der Waals surface area contributed by atoms with Gasteiger partial charge in [0, 0.05) is 6.54 Å². The largest absolute Gasteiger partial charge is 0.494 e. The van der Waals surface area contributed by atoms with Gasteiger partial charge in [-0.1, -0.05) is 24.3 Å². The zero-order valence-corrected chi connectivity index (χ0v) is 15.5. The Morgan fingerprint density at radius 3 is 2.35 bits per heavy atom. The van der Waals surface area contributed by atoms with Crippen molar-refractivity contribution in [1.29, 1.82) is 0 Å². The first-order valence-corrected chi connectivity index (χ1v) is 8.51. The summed E-state index contributed by atoms with van der Waals surface area (Å²) in [5, 5.41) is 3.50. The maximum absolute atomic E-state index is 6.13. The lowest BCUT2D eigenvalue weighted by Crippen LogP contribution is -2.41. The predicted molar refractivity (Wildman–Crippen MR) is 97.0 cm³/mol. The average Bonchev–Trinajstić information content (AvgIpc) is 2.67. The predicted octanol–water partition coefficient (Wildman–Crippen LogP) is 2.03. The summed E-state index contributed by atoms with van der Waals surface area (Å²) in [5.41, 5.74) is 1.77. The summed E-state index contributed by atoms with van der Waals surface area (Å²) in [6.45, 7) is 11.4. The topological polar surface area (TPSA) is 33.7 Å². The second kappa shape index (κ2) is 7.35. The number of nitrogens with one attached hydrogen (secondary N) is 1. The van der Waals surface area contributed by atoms with E-state index in [2.05, 4.69) is 76.3 Å². The molecule has 0 aliphatic carbocycles. The van der Waals surface area contributed by atoms with E-state index in [9.17, 15) is 0 Å². The maximum atomic E-state index is 6.13. The van der Waals surface area contributed by atoms with E-state index in [1.807, 2.05) is 0 Å². The molecule has 0 saturated carbocycles. The van der Waals surface area contributed by atoms with Crippen LogP contribution in [-0.2, 0) is 15.9 Å². The molecular formula is C18H31BN2O2. The highest BCUT2D eigenvalue weighted by molar-refractivity contribution is 6.62. The molecule has 1 aliphatic rings. The summed E-state index contributed by atoms with van der Waals surface area (Å²) in [6.07, 6.45) is 1.16. The molecule has 1 heterocycles. The van der Waals surface area contributed by atoms with Crippen LogP contribution in [0.2, 0.25) is 0 Å². The Morgan fingerprint density at radius 2 is 1.74 bits per heavy atom. The molecule has 128 valence electrons. The molecule has 2 rings (SSSR count). The fraction of sp³-hybridized carbons (Fsp3) is 0.667. The molecule has 1 saturated heterocycles. The number of hydrogen-bond acceptors (Lipinski definition) is 4. The second-order valence-electron chi connectivity index (χ2n) is 7.67. The van der Waals surface area contributed by atoms with E-state index >= 15 is 0 Å². The molecule has 0 radical (unpaired) electrons. The van der Waals surface area contributed by atoms with Crippen LogP contribution in [0, 0.1) is 0 Å². The van der Waals surface area contributed by atoms with Gasteiger partial charge >= 0.3 is 7.12 Å². The van der Waals surface area contributed by atoms with Gasteiger partial charge in [-0.2, -0.15) is 0 Å². The van der Waals surface area contributed by atoms with E-state index in [1.165, 1.54) is 5.56 Å². The van der Waals surface area contributed by atoms with Gasteiger partial charge in [-0.05, 0) is 72.3 Å². The normalized spacial score (nSPS) is 19.5. The fourth-order valence-electron chi connectivity index (χ4n) is 2.58. The van der Waals surface area contributed by atoms with Crippen LogP contribution in [0.3, 0.4) is 0 Å². The quantitative estimate of drug-likeness (QED) is 0.616. The Morgan fingerprint density at radius 1 is 1.09 bits per heavy atom. The molecule has 1 aliphatic heterocycles. The van der Waals surface area contributed by atoms with E-state index in [0.29, 0.717) is 0 Å². The van der Waals surface area contributed by atoms with Crippen molar-refractivity contribution in [3.8, 4) is 0 Å². The van der Waals surface area contributed by atoms with Gasteiger partial charge in [0.2, 0.25) is 0 Å². The fourth-order valence-corrected chi connectivity index (χ4v) is 2.58. The zero-order valence-electron chi connectivity index (χ0n) is 15.5. The van der Waals surface area contributed by atoms with Gasteiger partial charge in [-0.25, -0.2) is 0 Å². The summed E-state index contributed by atoms with van der Waals surface area (Å²) >= 11 is 0. The summed E-state index contributed by atoms with van der Waals surface area (Å²) in [5.74, 6) is 0. The monoisotopic (exact) mass is 318 g/mol. The minimum atomic E-state index is -0.294. The van der Waals surface area contributed by atoms with Crippen molar-refractivity contribution >= 4 is 12.6 Å². The molecule has 4 nitrogen and oxygen atoms in total. The van der Waals surface area contributed by atoms with Gasteiger partial charge in [-0.15, -0.1) is 0 Å². The van der Waals surface area contributed by atoms with Crippen LogP contribution in [0.4, 0.5) is 0 Å². The van der Waals surface area contributed by atoms with Crippen LogP contribution in [0.15, 0.2) is 24.3 Å². The Kier molecular flexibility index (Phi) is 5.90. The highest BCUT2D eigenvalue weighted by Gasteiger charge is 2.51. The van der Waals surface area contributed by atoms with Gasteiger partial charge in [0.15, 0.2) is 0 Å². The molecule has 1 aromatic rings. The molecule has 0 spiro atoms. The van der Waals surface area contributed by atoms with Gasteiger partial charge in [-0.3, -0.25) is 0 Å². The lowest BCUT2D eigenvalue weighted by Gasteiger charge is -2.32. The summed E-state index contributed by atoms with van der Waals surface area (Å²) in [6, 6.07) is 8.49. The smallest absolute Gasteiger partial charge is 0.399 e. The number of nitrogens with zero attached hydrogens (tertiary/aromatic N) is 1. The van der Waals surface area contributed by atoms with Crippen molar-refractivity contribution in [3.63, 3.8) is 0 Å². The summed E-state index contributed by atoms with van der Waals surface area (Å²) < 4.78 is 12.3. The molecule has 0 bridgehead atoms. The van der Waals surface area contributed by atoms with E-state index < -0.39 is 0 Å². The third-order valence-electron chi connectivity index (χ3n) is 4.76. The van der Waals surface area contributed by atoms with Crippen LogP contribution in [0.1, 0.15) is 39.7 Å². The highest BCUT2D eigenvalue weighted by Crippen LogP contribution is 2.36. The van der Waals surface area contributed by atoms with Crippen LogP contribution >= 0.6 is 0 Å². The Balaban J connectivity index is 1.91. The van der Waals surface area contributed by atoms with Crippen LogP contribution in [-0.4, -0.2) is 50.4 Å². The first-order valence-electron chi connectivity index (χ1n) is 8.51. The third-order valence-corrected chi connectivity index (χ3v) is 4.76.